The van der Waals surface area contributed by atoms with Gasteiger partial charge in [0.05, 0.1) is 10.6 Å². The summed E-state index contributed by atoms with van der Waals surface area (Å²) in [6.45, 7) is 1.66. The van der Waals surface area contributed by atoms with Crippen molar-refractivity contribution in [3.63, 3.8) is 0 Å². The molecular formula is C28H19FN2O4. The van der Waals surface area contributed by atoms with Gasteiger partial charge in [0.15, 0.2) is 0 Å². The van der Waals surface area contributed by atoms with E-state index in [4.69, 9.17) is 4.42 Å². The number of nitrogens with zero attached hydrogens (tertiary/aromatic N) is 2. The number of nitro groups is 1. The summed E-state index contributed by atoms with van der Waals surface area (Å²) in [6, 6.07) is 23.6. The molecule has 35 heavy (non-hydrogen) atoms. The number of benzene rings is 3. The molecule has 4 aromatic rings. The van der Waals surface area contributed by atoms with Crippen molar-refractivity contribution >= 4 is 29.1 Å². The van der Waals surface area contributed by atoms with Crippen molar-refractivity contribution in [2.75, 3.05) is 4.90 Å². The lowest BCUT2D eigenvalue weighted by Gasteiger charge is -2.21. The highest BCUT2D eigenvalue weighted by molar-refractivity contribution is 6.23. The molecule has 0 saturated heterocycles. The van der Waals surface area contributed by atoms with Crippen LogP contribution in [0, 0.1) is 22.9 Å². The third-order valence-corrected chi connectivity index (χ3v) is 5.74. The Morgan fingerprint density at radius 1 is 0.943 bits per heavy atom. The van der Waals surface area contributed by atoms with Gasteiger partial charge in [0, 0.05) is 29.0 Å². The zero-order chi connectivity index (χ0) is 24.5. The third kappa shape index (κ3) is 4.27. The molecular weight excluding hydrogens is 447 g/mol. The molecule has 7 heteroatoms. The van der Waals surface area contributed by atoms with Crippen LogP contribution in [0.25, 0.3) is 23.1 Å². The second-order valence-electron chi connectivity index (χ2n) is 8.08. The molecule has 1 aromatic heterocycles. The average molecular weight is 466 g/mol. The molecule has 0 bridgehead atoms. The van der Waals surface area contributed by atoms with Crippen LogP contribution in [0.15, 0.2) is 101 Å². The molecule has 0 unspecified atom stereocenters. The molecule has 3 aromatic carbocycles. The van der Waals surface area contributed by atoms with E-state index in [0.717, 1.165) is 5.56 Å². The minimum atomic E-state index is -0.460. The quantitative estimate of drug-likeness (QED) is 0.185. The summed E-state index contributed by atoms with van der Waals surface area (Å²) < 4.78 is 19.8. The fourth-order valence-corrected chi connectivity index (χ4v) is 3.95. The Hall–Kier alpha value is -4.78. The number of aryl methyl sites for hydroxylation is 1. The minimum absolute atomic E-state index is 0.00565. The van der Waals surface area contributed by atoms with Gasteiger partial charge in [0.2, 0.25) is 0 Å². The van der Waals surface area contributed by atoms with Crippen LogP contribution in [0.2, 0.25) is 0 Å². The monoisotopic (exact) mass is 466 g/mol. The predicted molar refractivity (Wildman–Crippen MR) is 132 cm³/mol. The molecule has 0 atom stereocenters. The number of non-ortho nitro benzene ring substituents is 1. The van der Waals surface area contributed by atoms with Crippen LogP contribution in [0.4, 0.5) is 15.8 Å². The van der Waals surface area contributed by atoms with Crippen LogP contribution in [-0.2, 0) is 4.79 Å². The number of amides is 1. The van der Waals surface area contributed by atoms with Crippen molar-refractivity contribution < 1.29 is 18.5 Å². The molecule has 0 saturated carbocycles. The van der Waals surface area contributed by atoms with Crippen molar-refractivity contribution in [2.24, 2.45) is 0 Å². The summed E-state index contributed by atoms with van der Waals surface area (Å²) in [7, 11) is 0. The molecule has 172 valence electrons. The number of hydrogen-bond acceptors (Lipinski definition) is 4. The number of rotatable bonds is 5. The van der Waals surface area contributed by atoms with Crippen LogP contribution in [0.3, 0.4) is 0 Å². The zero-order valence-corrected chi connectivity index (χ0v) is 18.6. The number of hydrogen-bond donors (Lipinski definition) is 0. The highest BCUT2D eigenvalue weighted by Crippen LogP contribution is 2.36. The SMILES string of the molecule is Cc1cc(N2C(=O)/C(=C/c3ccc(-c4ccc([N+](=O)[O-])cc4)o3)C=C2c2ccccc2)ccc1F. The van der Waals surface area contributed by atoms with E-state index in [1.165, 1.54) is 18.2 Å². The van der Waals surface area contributed by atoms with E-state index in [1.54, 1.807) is 60.4 Å². The van der Waals surface area contributed by atoms with Gasteiger partial charge in [-0.3, -0.25) is 19.8 Å². The normalized spacial score (nSPS) is 14.5. The Morgan fingerprint density at radius 2 is 1.69 bits per heavy atom. The van der Waals surface area contributed by atoms with Crippen LogP contribution in [0.5, 0.6) is 0 Å². The van der Waals surface area contributed by atoms with Gasteiger partial charge in [-0.25, -0.2) is 4.39 Å². The Balaban J connectivity index is 1.51. The molecule has 6 nitrogen and oxygen atoms in total. The van der Waals surface area contributed by atoms with Crippen LogP contribution < -0.4 is 4.90 Å². The Kier molecular flexibility index (Phi) is 5.58. The van der Waals surface area contributed by atoms with Gasteiger partial charge in [0.25, 0.3) is 11.6 Å². The average Bonchev–Trinajstić information content (AvgIpc) is 3.46. The summed E-state index contributed by atoms with van der Waals surface area (Å²) in [6.07, 6.45) is 3.43. The Labute approximate surface area is 200 Å². The van der Waals surface area contributed by atoms with E-state index in [-0.39, 0.29) is 17.4 Å². The van der Waals surface area contributed by atoms with Crippen molar-refractivity contribution in [1.82, 2.24) is 0 Å². The van der Waals surface area contributed by atoms with Crippen molar-refractivity contribution in [3.05, 3.63) is 129 Å². The molecule has 2 heterocycles. The molecule has 0 fully saturated rings. The van der Waals surface area contributed by atoms with Crippen molar-refractivity contribution in [3.8, 4) is 11.3 Å². The van der Waals surface area contributed by atoms with Gasteiger partial charge in [-0.05, 0) is 72.7 Å². The maximum Gasteiger partial charge on any atom is 0.269 e. The second-order valence-corrected chi connectivity index (χ2v) is 8.08. The van der Waals surface area contributed by atoms with Gasteiger partial charge in [-0.1, -0.05) is 30.3 Å². The molecule has 5 rings (SSSR count). The standard InChI is InChI=1S/C28H19FN2O4/c1-18-15-23(11-13-25(18)29)30-26(19-5-3-2-4-6-19)17-21(28(30)32)16-24-12-14-27(35-24)20-7-9-22(10-8-20)31(33)34/h2-17H,1H3/b21-16+. The van der Waals surface area contributed by atoms with E-state index in [9.17, 15) is 19.3 Å². The first-order valence-electron chi connectivity index (χ1n) is 10.8. The first-order chi connectivity index (χ1) is 16.9. The smallest absolute Gasteiger partial charge is 0.269 e. The summed E-state index contributed by atoms with van der Waals surface area (Å²) in [5.41, 5.74) is 3.62. The summed E-state index contributed by atoms with van der Waals surface area (Å²) in [5, 5.41) is 10.9. The minimum Gasteiger partial charge on any atom is -0.457 e. The lowest BCUT2D eigenvalue weighted by Crippen LogP contribution is -2.25. The van der Waals surface area contributed by atoms with Crippen LogP contribution in [-0.4, -0.2) is 10.8 Å². The topological polar surface area (TPSA) is 76.6 Å². The summed E-state index contributed by atoms with van der Waals surface area (Å²) in [5.74, 6) is 0.386. The first-order valence-corrected chi connectivity index (χ1v) is 10.8. The molecule has 1 amide bonds. The fraction of sp³-hybridized carbons (Fsp3) is 0.0357. The maximum atomic E-state index is 13.9. The predicted octanol–water partition coefficient (Wildman–Crippen LogP) is 6.77. The molecule has 0 aliphatic carbocycles. The number of anilines is 1. The van der Waals surface area contributed by atoms with E-state index >= 15 is 0 Å². The lowest BCUT2D eigenvalue weighted by molar-refractivity contribution is -0.384. The number of carbonyl (C=O) groups excluding carboxylic acids is 1. The van der Waals surface area contributed by atoms with Crippen LogP contribution in [0.1, 0.15) is 16.9 Å². The van der Waals surface area contributed by atoms with Gasteiger partial charge >= 0.3 is 0 Å². The van der Waals surface area contributed by atoms with Gasteiger partial charge in [-0.15, -0.1) is 0 Å². The molecule has 0 spiro atoms. The molecule has 1 aliphatic rings. The van der Waals surface area contributed by atoms with E-state index < -0.39 is 4.92 Å². The number of halogens is 1. The largest absolute Gasteiger partial charge is 0.457 e. The van der Waals surface area contributed by atoms with Crippen molar-refractivity contribution in [2.45, 2.75) is 6.92 Å². The molecule has 0 N–H and O–H groups in total. The third-order valence-electron chi connectivity index (χ3n) is 5.74. The fourth-order valence-electron chi connectivity index (χ4n) is 3.95. The highest BCUT2D eigenvalue weighted by Gasteiger charge is 2.31. The number of nitro benzene ring substituents is 1. The summed E-state index contributed by atoms with van der Waals surface area (Å²) in [4.78, 5) is 25.5. The lowest BCUT2D eigenvalue weighted by atomic mass is 10.1. The zero-order valence-electron chi connectivity index (χ0n) is 18.6. The van der Waals surface area contributed by atoms with Gasteiger partial charge in [0.1, 0.15) is 17.3 Å². The van der Waals surface area contributed by atoms with Gasteiger partial charge < -0.3 is 4.42 Å². The van der Waals surface area contributed by atoms with E-state index in [0.29, 0.717) is 39.6 Å². The summed E-state index contributed by atoms with van der Waals surface area (Å²) >= 11 is 0. The van der Waals surface area contributed by atoms with Gasteiger partial charge in [-0.2, -0.15) is 0 Å². The second kappa shape index (κ2) is 8.87. The maximum absolute atomic E-state index is 13.9. The first kappa shape index (κ1) is 22.0. The Morgan fingerprint density at radius 3 is 2.37 bits per heavy atom. The molecule has 1 aliphatic heterocycles. The van der Waals surface area contributed by atoms with E-state index in [2.05, 4.69) is 0 Å². The Bertz CT molecular complexity index is 1500. The van der Waals surface area contributed by atoms with Crippen molar-refractivity contribution in [1.29, 1.82) is 0 Å². The molecule has 0 radical (unpaired) electrons. The highest BCUT2D eigenvalue weighted by atomic mass is 19.1. The van der Waals surface area contributed by atoms with Crippen LogP contribution >= 0.6 is 0 Å². The number of carbonyl (C=O) groups is 1. The number of furan rings is 1. The van der Waals surface area contributed by atoms with E-state index in [1.807, 2.05) is 30.3 Å².